The van der Waals surface area contributed by atoms with E-state index in [4.69, 9.17) is 9.26 Å². The highest BCUT2D eigenvalue weighted by molar-refractivity contribution is 4.98. The Labute approximate surface area is 107 Å². The highest BCUT2D eigenvalue weighted by Crippen LogP contribution is 2.23. The second kappa shape index (κ2) is 5.80. The van der Waals surface area contributed by atoms with Crippen LogP contribution in [0.15, 0.2) is 4.52 Å². The summed E-state index contributed by atoms with van der Waals surface area (Å²) in [5, 5.41) is 7.53. The van der Waals surface area contributed by atoms with Gasteiger partial charge in [-0.05, 0) is 38.1 Å². The minimum Gasteiger partial charge on any atom is -0.381 e. The summed E-state index contributed by atoms with van der Waals surface area (Å²) in [6.45, 7) is 3.84. The van der Waals surface area contributed by atoms with Crippen LogP contribution in [0.3, 0.4) is 0 Å². The Kier molecular flexibility index (Phi) is 3.90. The molecule has 2 fully saturated rings. The number of ether oxygens (including phenoxy) is 1. The predicted molar refractivity (Wildman–Crippen MR) is 66.4 cm³/mol. The molecule has 5 heteroatoms. The van der Waals surface area contributed by atoms with E-state index in [2.05, 4.69) is 15.5 Å². The highest BCUT2D eigenvalue weighted by Gasteiger charge is 2.22. The molecule has 1 N–H and O–H groups in total. The third-order valence-electron chi connectivity index (χ3n) is 3.95. The van der Waals surface area contributed by atoms with Crippen molar-refractivity contribution < 1.29 is 9.26 Å². The van der Waals surface area contributed by atoms with Crippen LogP contribution in [0.5, 0.6) is 0 Å². The van der Waals surface area contributed by atoms with Crippen molar-refractivity contribution >= 4 is 0 Å². The van der Waals surface area contributed by atoms with Crippen molar-refractivity contribution in [2.24, 2.45) is 5.92 Å². The maximum atomic E-state index is 5.39. The Balaban J connectivity index is 1.58. The van der Waals surface area contributed by atoms with Crippen LogP contribution in [0.2, 0.25) is 0 Å². The first-order valence-corrected chi connectivity index (χ1v) is 7.03. The molecule has 5 nitrogen and oxygen atoms in total. The van der Waals surface area contributed by atoms with Crippen molar-refractivity contribution in [2.75, 3.05) is 26.3 Å². The molecule has 100 valence electrons. The van der Waals surface area contributed by atoms with E-state index in [9.17, 15) is 0 Å². The van der Waals surface area contributed by atoms with Gasteiger partial charge in [-0.25, -0.2) is 0 Å². The zero-order valence-corrected chi connectivity index (χ0v) is 10.7. The summed E-state index contributed by atoms with van der Waals surface area (Å²) in [6, 6.07) is 0. The molecule has 1 unspecified atom stereocenters. The molecule has 1 atom stereocenters. The largest absolute Gasteiger partial charge is 0.381 e. The first-order valence-electron chi connectivity index (χ1n) is 7.03. The zero-order chi connectivity index (χ0) is 12.2. The van der Waals surface area contributed by atoms with Gasteiger partial charge in [-0.15, -0.1) is 0 Å². The van der Waals surface area contributed by atoms with Gasteiger partial charge >= 0.3 is 0 Å². The zero-order valence-electron chi connectivity index (χ0n) is 10.7. The molecular formula is C13H21N3O2. The second-order valence-electron chi connectivity index (χ2n) is 5.35. The van der Waals surface area contributed by atoms with E-state index in [1.165, 1.54) is 12.8 Å². The van der Waals surface area contributed by atoms with Crippen LogP contribution in [-0.2, 0) is 11.2 Å². The molecule has 0 aromatic carbocycles. The van der Waals surface area contributed by atoms with Crippen molar-refractivity contribution in [3.63, 3.8) is 0 Å². The number of nitrogens with one attached hydrogen (secondary N) is 1. The lowest BCUT2D eigenvalue weighted by Crippen LogP contribution is -2.28. The quantitative estimate of drug-likeness (QED) is 0.882. The summed E-state index contributed by atoms with van der Waals surface area (Å²) in [6.07, 6.45) is 5.51. The van der Waals surface area contributed by atoms with Crippen molar-refractivity contribution in [1.82, 2.24) is 15.5 Å². The molecule has 1 aromatic heterocycles. The summed E-state index contributed by atoms with van der Waals surface area (Å²) in [5.74, 6) is 2.79. The van der Waals surface area contributed by atoms with Crippen LogP contribution < -0.4 is 5.32 Å². The number of hydrogen-bond acceptors (Lipinski definition) is 5. The number of nitrogens with zero attached hydrogens (tertiary/aromatic N) is 2. The second-order valence-corrected chi connectivity index (χ2v) is 5.35. The van der Waals surface area contributed by atoms with Gasteiger partial charge in [-0.3, -0.25) is 0 Å². The van der Waals surface area contributed by atoms with Gasteiger partial charge in [0.15, 0.2) is 5.82 Å². The fourth-order valence-electron chi connectivity index (χ4n) is 2.79. The molecular weight excluding hydrogens is 230 g/mol. The maximum Gasteiger partial charge on any atom is 0.226 e. The first kappa shape index (κ1) is 12.1. The van der Waals surface area contributed by atoms with Gasteiger partial charge in [0.05, 0.1) is 0 Å². The normalized spacial score (nSPS) is 26.3. The van der Waals surface area contributed by atoms with Crippen molar-refractivity contribution in [2.45, 2.75) is 38.0 Å². The van der Waals surface area contributed by atoms with E-state index in [1.807, 2.05) is 0 Å². The lowest BCUT2D eigenvalue weighted by Gasteiger charge is -2.20. The molecule has 0 spiro atoms. The van der Waals surface area contributed by atoms with Gasteiger partial charge in [0.1, 0.15) is 0 Å². The van der Waals surface area contributed by atoms with Crippen LogP contribution in [0.4, 0.5) is 0 Å². The lowest BCUT2D eigenvalue weighted by molar-refractivity contribution is 0.0642. The fraction of sp³-hybridized carbons (Fsp3) is 0.846. The van der Waals surface area contributed by atoms with E-state index in [1.54, 1.807) is 0 Å². The van der Waals surface area contributed by atoms with E-state index >= 15 is 0 Å². The molecule has 3 rings (SSSR count). The molecule has 0 saturated carbocycles. The van der Waals surface area contributed by atoms with Crippen LogP contribution >= 0.6 is 0 Å². The summed E-state index contributed by atoms with van der Waals surface area (Å²) in [5.41, 5.74) is 0. The third kappa shape index (κ3) is 2.90. The molecule has 0 bridgehead atoms. The van der Waals surface area contributed by atoms with Crippen LogP contribution in [-0.4, -0.2) is 36.4 Å². The van der Waals surface area contributed by atoms with E-state index in [0.29, 0.717) is 11.8 Å². The Bertz CT molecular complexity index is 368. The summed E-state index contributed by atoms with van der Waals surface area (Å²) < 4.78 is 10.8. The summed E-state index contributed by atoms with van der Waals surface area (Å²) in [7, 11) is 0. The Hall–Kier alpha value is -0.940. The average Bonchev–Trinajstić information content (AvgIpc) is 2.89. The molecule has 0 amide bonds. The Morgan fingerprint density at radius 3 is 2.89 bits per heavy atom. The van der Waals surface area contributed by atoms with Crippen LogP contribution in [0, 0.1) is 5.92 Å². The predicted octanol–water partition coefficient (Wildman–Crippen LogP) is 1.51. The van der Waals surface area contributed by atoms with Crippen molar-refractivity contribution in [1.29, 1.82) is 0 Å². The van der Waals surface area contributed by atoms with Crippen molar-refractivity contribution in [3.05, 3.63) is 11.7 Å². The molecule has 3 heterocycles. The van der Waals surface area contributed by atoms with Gasteiger partial charge in [0.25, 0.3) is 0 Å². The highest BCUT2D eigenvalue weighted by atomic mass is 16.5. The van der Waals surface area contributed by atoms with Crippen molar-refractivity contribution in [3.8, 4) is 0 Å². The Morgan fingerprint density at radius 2 is 2.11 bits per heavy atom. The Morgan fingerprint density at radius 1 is 1.22 bits per heavy atom. The first-order chi connectivity index (χ1) is 8.92. The minimum atomic E-state index is 0.436. The number of piperidine rings is 1. The minimum absolute atomic E-state index is 0.436. The third-order valence-corrected chi connectivity index (χ3v) is 3.95. The molecule has 2 aliphatic rings. The number of hydrogen-bond donors (Lipinski definition) is 1. The monoisotopic (exact) mass is 251 g/mol. The lowest BCUT2D eigenvalue weighted by atomic mass is 9.96. The van der Waals surface area contributed by atoms with E-state index in [-0.39, 0.29) is 0 Å². The van der Waals surface area contributed by atoms with E-state index < -0.39 is 0 Å². The van der Waals surface area contributed by atoms with Crippen LogP contribution in [0.1, 0.15) is 43.3 Å². The average molecular weight is 251 g/mol. The number of aromatic nitrogens is 2. The fourth-order valence-corrected chi connectivity index (χ4v) is 2.79. The van der Waals surface area contributed by atoms with Gasteiger partial charge in [0, 0.05) is 32.1 Å². The maximum absolute atomic E-state index is 5.39. The summed E-state index contributed by atoms with van der Waals surface area (Å²) in [4.78, 5) is 4.57. The van der Waals surface area contributed by atoms with Gasteiger partial charge in [-0.1, -0.05) is 5.16 Å². The molecule has 2 aliphatic heterocycles. The standard InChI is InChI=1S/C13H21N3O2/c1-2-11(9-14-5-1)13-15-12(18-16-13)8-10-3-6-17-7-4-10/h10-11,14H,1-9H2. The SMILES string of the molecule is C1CNCC(c2noc(CC3CCOCC3)n2)C1. The summed E-state index contributed by atoms with van der Waals surface area (Å²) >= 11 is 0. The molecule has 1 aromatic rings. The molecule has 0 radical (unpaired) electrons. The smallest absolute Gasteiger partial charge is 0.226 e. The molecule has 2 saturated heterocycles. The molecule has 18 heavy (non-hydrogen) atoms. The van der Waals surface area contributed by atoms with Gasteiger partial charge in [0.2, 0.25) is 5.89 Å². The van der Waals surface area contributed by atoms with E-state index in [0.717, 1.165) is 57.3 Å². The van der Waals surface area contributed by atoms with Gasteiger partial charge < -0.3 is 14.6 Å². The topological polar surface area (TPSA) is 60.2 Å². The van der Waals surface area contributed by atoms with Crippen LogP contribution in [0.25, 0.3) is 0 Å². The molecule has 0 aliphatic carbocycles. The van der Waals surface area contributed by atoms with Gasteiger partial charge in [-0.2, -0.15) is 4.98 Å². The number of rotatable bonds is 3.